The quantitative estimate of drug-likeness (QED) is 0.405. The van der Waals surface area contributed by atoms with Gasteiger partial charge in [0.2, 0.25) is 0 Å². The summed E-state index contributed by atoms with van der Waals surface area (Å²) in [5, 5.41) is 3.75. The molecule has 23 heavy (non-hydrogen) atoms. The lowest BCUT2D eigenvalue weighted by Crippen LogP contribution is -2.60. The van der Waals surface area contributed by atoms with E-state index in [1.807, 2.05) is 7.05 Å². The Morgan fingerprint density at radius 2 is 1.65 bits per heavy atom. The highest BCUT2D eigenvalue weighted by molar-refractivity contribution is 14.0. The molecule has 3 rings (SSSR count). The summed E-state index contributed by atoms with van der Waals surface area (Å²) in [6, 6.07) is 0. The Kier molecular flexibility index (Phi) is 8.28. The second kappa shape index (κ2) is 9.70. The Morgan fingerprint density at radius 1 is 1.00 bits per heavy atom. The first-order valence-electron chi connectivity index (χ1n) is 9.12. The Balaban J connectivity index is 0.00000192. The fraction of sp³-hybridized carbons (Fsp3) is 0.941. The fourth-order valence-electron chi connectivity index (χ4n) is 4.36. The van der Waals surface area contributed by atoms with Gasteiger partial charge in [-0.3, -0.25) is 9.89 Å². The van der Waals surface area contributed by atoms with Crippen molar-refractivity contribution in [3.8, 4) is 0 Å². The zero-order valence-electron chi connectivity index (χ0n) is 14.6. The van der Waals surface area contributed by atoms with Crippen molar-refractivity contribution in [2.45, 2.75) is 50.5 Å². The topological polar surface area (TPSA) is 30.9 Å². The zero-order chi connectivity index (χ0) is 15.3. The van der Waals surface area contributed by atoms with Crippen LogP contribution in [0.15, 0.2) is 4.99 Å². The minimum absolute atomic E-state index is 0. The van der Waals surface area contributed by atoms with E-state index in [0.717, 1.165) is 12.5 Å². The van der Waals surface area contributed by atoms with Gasteiger partial charge in [-0.25, -0.2) is 0 Å². The van der Waals surface area contributed by atoms with Gasteiger partial charge in [-0.05, 0) is 25.7 Å². The van der Waals surface area contributed by atoms with Crippen LogP contribution < -0.4 is 5.32 Å². The van der Waals surface area contributed by atoms with E-state index >= 15 is 0 Å². The van der Waals surface area contributed by atoms with Crippen LogP contribution in [0.5, 0.6) is 0 Å². The molecule has 0 unspecified atom stereocenters. The lowest BCUT2D eigenvalue weighted by molar-refractivity contribution is 0.0621. The highest BCUT2D eigenvalue weighted by Crippen LogP contribution is 2.34. The van der Waals surface area contributed by atoms with Crippen LogP contribution in [0, 0.1) is 0 Å². The largest absolute Gasteiger partial charge is 0.354 e. The highest BCUT2D eigenvalue weighted by atomic mass is 127. The van der Waals surface area contributed by atoms with E-state index in [1.54, 1.807) is 0 Å². The number of likely N-dealkylation sites (tertiary alicyclic amines) is 1. The van der Waals surface area contributed by atoms with Crippen molar-refractivity contribution in [1.82, 2.24) is 15.1 Å². The second-order valence-corrected chi connectivity index (χ2v) is 8.20. The summed E-state index contributed by atoms with van der Waals surface area (Å²) in [6.07, 6.45) is 9.57. The summed E-state index contributed by atoms with van der Waals surface area (Å²) in [6.45, 7) is 5.98. The first-order valence-corrected chi connectivity index (χ1v) is 10.3. The van der Waals surface area contributed by atoms with Crippen molar-refractivity contribution < 1.29 is 0 Å². The van der Waals surface area contributed by atoms with Crippen molar-refractivity contribution in [1.29, 1.82) is 0 Å². The third kappa shape index (κ3) is 4.91. The van der Waals surface area contributed by atoms with Gasteiger partial charge in [0.1, 0.15) is 0 Å². The van der Waals surface area contributed by atoms with Gasteiger partial charge in [-0.1, -0.05) is 19.3 Å². The van der Waals surface area contributed by atoms with Gasteiger partial charge in [0, 0.05) is 56.8 Å². The van der Waals surface area contributed by atoms with Gasteiger partial charge >= 0.3 is 0 Å². The molecule has 1 aliphatic carbocycles. The van der Waals surface area contributed by atoms with Crippen LogP contribution in [0.25, 0.3) is 0 Å². The van der Waals surface area contributed by atoms with Crippen molar-refractivity contribution in [3.05, 3.63) is 0 Å². The maximum Gasteiger partial charge on any atom is 0.193 e. The maximum atomic E-state index is 4.54. The Morgan fingerprint density at radius 3 is 2.26 bits per heavy atom. The minimum Gasteiger partial charge on any atom is -0.354 e. The van der Waals surface area contributed by atoms with Gasteiger partial charge in [0.05, 0.1) is 0 Å². The third-order valence-corrected chi connectivity index (χ3v) is 6.60. The Bertz CT molecular complexity index is 373. The Labute approximate surface area is 163 Å². The number of thioether (sulfide) groups is 1. The lowest BCUT2D eigenvalue weighted by atomic mass is 9.80. The third-order valence-electron chi connectivity index (χ3n) is 5.66. The van der Waals surface area contributed by atoms with Crippen molar-refractivity contribution in [3.63, 3.8) is 0 Å². The van der Waals surface area contributed by atoms with Gasteiger partial charge in [-0.15, -0.1) is 24.0 Å². The van der Waals surface area contributed by atoms with Crippen LogP contribution in [-0.4, -0.2) is 72.6 Å². The summed E-state index contributed by atoms with van der Waals surface area (Å²) < 4.78 is 0. The molecular weight excluding hydrogens is 419 g/mol. The van der Waals surface area contributed by atoms with Gasteiger partial charge in [0.15, 0.2) is 5.96 Å². The van der Waals surface area contributed by atoms with Crippen LogP contribution in [0.2, 0.25) is 0 Å². The number of aliphatic imine (C=N–C) groups is 1. The maximum absolute atomic E-state index is 4.54. The van der Waals surface area contributed by atoms with Gasteiger partial charge in [0.25, 0.3) is 0 Å². The van der Waals surface area contributed by atoms with E-state index < -0.39 is 0 Å². The summed E-state index contributed by atoms with van der Waals surface area (Å²) in [5.74, 6) is 3.75. The number of rotatable bonds is 3. The number of nitrogens with zero attached hydrogens (tertiary/aromatic N) is 3. The molecule has 3 aliphatic rings. The first kappa shape index (κ1) is 19.6. The molecule has 134 valence electrons. The molecule has 6 heteroatoms. The molecule has 0 aromatic heterocycles. The fourth-order valence-corrected chi connectivity index (χ4v) is 5.26. The zero-order valence-corrected chi connectivity index (χ0v) is 17.7. The smallest absolute Gasteiger partial charge is 0.193 e. The van der Waals surface area contributed by atoms with E-state index in [2.05, 4.69) is 31.9 Å². The van der Waals surface area contributed by atoms with Crippen molar-refractivity contribution in [2.24, 2.45) is 4.99 Å². The molecule has 2 saturated heterocycles. The van der Waals surface area contributed by atoms with Crippen LogP contribution in [0.1, 0.15) is 44.9 Å². The second-order valence-electron chi connectivity index (χ2n) is 6.98. The average Bonchev–Trinajstić information content (AvgIpc) is 3.12. The number of hydrogen-bond acceptors (Lipinski definition) is 3. The Hall–Kier alpha value is 0.310. The summed E-state index contributed by atoms with van der Waals surface area (Å²) in [5.41, 5.74) is 0.384. The molecule has 3 fully saturated rings. The standard InChI is InChI=1S/C17H32N4S.HI/c1-18-16(20-9-5-6-10-20)19-15-17(7-3-2-4-8-17)21-11-13-22-14-12-21;/h2-15H2,1H3,(H,18,19);1H. The molecule has 0 radical (unpaired) electrons. The van der Waals surface area contributed by atoms with E-state index in [9.17, 15) is 0 Å². The van der Waals surface area contributed by atoms with Crippen LogP contribution >= 0.6 is 35.7 Å². The van der Waals surface area contributed by atoms with Crippen LogP contribution in [0.3, 0.4) is 0 Å². The van der Waals surface area contributed by atoms with Crippen LogP contribution in [0.4, 0.5) is 0 Å². The van der Waals surface area contributed by atoms with Gasteiger partial charge in [-0.2, -0.15) is 11.8 Å². The molecule has 4 nitrogen and oxygen atoms in total. The number of guanidine groups is 1. The SMILES string of the molecule is CN=C(NCC1(N2CCSCC2)CCCCC1)N1CCCC1.I. The molecule has 2 aliphatic heterocycles. The minimum atomic E-state index is 0. The number of hydrogen-bond donors (Lipinski definition) is 1. The van der Waals surface area contributed by atoms with Crippen molar-refractivity contribution in [2.75, 3.05) is 51.3 Å². The number of nitrogens with one attached hydrogen (secondary N) is 1. The molecule has 1 N–H and O–H groups in total. The molecule has 0 bridgehead atoms. The number of halogens is 1. The summed E-state index contributed by atoms with van der Waals surface area (Å²) in [7, 11) is 1.94. The lowest BCUT2D eigenvalue weighted by Gasteiger charge is -2.48. The normalized spacial score (nSPS) is 26.0. The predicted octanol–water partition coefficient (Wildman–Crippen LogP) is 3.03. The predicted molar refractivity (Wildman–Crippen MR) is 112 cm³/mol. The molecule has 0 aromatic carbocycles. The van der Waals surface area contributed by atoms with E-state index in [0.29, 0.717) is 5.54 Å². The first-order chi connectivity index (χ1) is 10.8. The highest BCUT2D eigenvalue weighted by Gasteiger charge is 2.38. The van der Waals surface area contributed by atoms with Gasteiger partial charge < -0.3 is 10.2 Å². The molecule has 0 aromatic rings. The molecule has 1 saturated carbocycles. The molecule has 2 heterocycles. The molecule has 0 amide bonds. The average molecular weight is 452 g/mol. The molecule has 0 spiro atoms. The van der Waals surface area contributed by atoms with E-state index in [-0.39, 0.29) is 24.0 Å². The van der Waals surface area contributed by atoms with Crippen LogP contribution in [-0.2, 0) is 0 Å². The van der Waals surface area contributed by atoms with E-state index in [1.165, 1.54) is 82.6 Å². The summed E-state index contributed by atoms with van der Waals surface area (Å²) in [4.78, 5) is 9.77. The monoisotopic (exact) mass is 452 g/mol. The summed E-state index contributed by atoms with van der Waals surface area (Å²) >= 11 is 2.12. The molecule has 0 atom stereocenters. The van der Waals surface area contributed by atoms with Crippen molar-refractivity contribution >= 4 is 41.7 Å². The van der Waals surface area contributed by atoms with E-state index in [4.69, 9.17) is 0 Å². The molecular formula is C17H33IN4S.